The van der Waals surface area contributed by atoms with E-state index in [1.165, 1.54) is 12.1 Å². The lowest BCUT2D eigenvalue weighted by atomic mass is 10.0. The lowest BCUT2D eigenvalue weighted by Crippen LogP contribution is -2.40. The van der Waals surface area contributed by atoms with Crippen molar-refractivity contribution in [1.29, 1.82) is 0 Å². The highest BCUT2D eigenvalue weighted by atomic mass is 19.1. The van der Waals surface area contributed by atoms with Crippen molar-refractivity contribution in [3.05, 3.63) is 29.6 Å². The summed E-state index contributed by atoms with van der Waals surface area (Å²) in [5, 5.41) is 15.4. The number of nitrogens with one attached hydrogen (secondary N) is 2. The predicted molar refractivity (Wildman–Crippen MR) is 87.0 cm³/mol. The molecule has 5 nitrogen and oxygen atoms in total. The maximum absolute atomic E-state index is 13.7. The molecule has 2 fully saturated rings. The third kappa shape index (κ3) is 4.13. The summed E-state index contributed by atoms with van der Waals surface area (Å²) in [4.78, 5) is 14.1. The Balaban J connectivity index is 1.73. The number of amides is 2. The molecule has 1 saturated heterocycles. The molecule has 0 radical (unpaired) electrons. The van der Waals surface area contributed by atoms with Crippen LogP contribution >= 0.6 is 0 Å². The van der Waals surface area contributed by atoms with Gasteiger partial charge in [-0.25, -0.2) is 9.18 Å². The molecule has 1 aliphatic heterocycles. The van der Waals surface area contributed by atoms with Gasteiger partial charge in [-0.2, -0.15) is 0 Å². The van der Waals surface area contributed by atoms with Crippen LogP contribution in [-0.4, -0.2) is 36.4 Å². The van der Waals surface area contributed by atoms with Gasteiger partial charge in [0.1, 0.15) is 5.82 Å². The Hall–Kier alpha value is -1.82. The number of aliphatic hydroxyl groups is 1. The second-order valence-electron chi connectivity index (χ2n) is 6.54. The molecular formula is C17H24FN3O2. The molecule has 126 valence electrons. The van der Waals surface area contributed by atoms with Gasteiger partial charge in [-0.15, -0.1) is 0 Å². The Labute approximate surface area is 135 Å². The average molecular weight is 321 g/mol. The van der Waals surface area contributed by atoms with E-state index in [1.54, 1.807) is 6.07 Å². The zero-order valence-corrected chi connectivity index (χ0v) is 13.4. The molecule has 3 rings (SSSR count). The van der Waals surface area contributed by atoms with E-state index in [9.17, 15) is 14.3 Å². The van der Waals surface area contributed by atoms with Gasteiger partial charge >= 0.3 is 6.03 Å². The van der Waals surface area contributed by atoms with Gasteiger partial charge in [0, 0.05) is 30.4 Å². The van der Waals surface area contributed by atoms with Crippen LogP contribution in [-0.2, 0) is 0 Å². The van der Waals surface area contributed by atoms with Crippen molar-refractivity contribution in [3.63, 3.8) is 0 Å². The SMILES string of the molecule is C[C@@H](NC(=O)NC1CC1)c1cc(F)ccc1N1CCC(O)CC1. The summed E-state index contributed by atoms with van der Waals surface area (Å²) >= 11 is 0. The van der Waals surface area contributed by atoms with E-state index in [2.05, 4.69) is 15.5 Å². The molecule has 6 heteroatoms. The van der Waals surface area contributed by atoms with E-state index in [0.29, 0.717) is 12.8 Å². The van der Waals surface area contributed by atoms with Gasteiger partial charge in [0.2, 0.25) is 0 Å². The summed E-state index contributed by atoms with van der Waals surface area (Å²) in [5.41, 5.74) is 1.70. The van der Waals surface area contributed by atoms with Crippen LogP contribution in [0.2, 0.25) is 0 Å². The van der Waals surface area contributed by atoms with Crippen molar-refractivity contribution in [2.75, 3.05) is 18.0 Å². The van der Waals surface area contributed by atoms with Crippen LogP contribution in [0.15, 0.2) is 18.2 Å². The number of piperidine rings is 1. The lowest BCUT2D eigenvalue weighted by Gasteiger charge is -2.34. The smallest absolute Gasteiger partial charge is 0.315 e. The number of anilines is 1. The van der Waals surface area contributed by atoms with Gasteiger partial charge < -0.3 is 20.6 Å². The zero-order valence-electron chi connectivity index (χ0n) is 13.4. The van der Waals surface area contributed by atoms with Gasteiger partial charge in [-0.3, -0.25) is 0 Å². The second kappa shape index (κ2) is 6.74. The van der Waals surface area contributed by atoms with Gasteiger partial charge in [0.15, 0.2) is 0 Å². The van der Waals surface area contributed by atoms with E-state index in [-0.39, 0.29) is 30.0 Å². The molecule has 1 aliphatic carbocycles. The van der Waals surface area contributed by atoms with Crippen molar-refractivity contribution < 1.29 is 14.3 Å². The summed E-state index contributed by atoms with van der Waals surface area (Å²) in [6.45, 7) is 3.34. The van der Waals surface area contributed by atoms with Crippen molar-refractivity contribution in [2.45, 2.75) is 50.8 Å². The summed E-state index contributed by atoms with van der Waals surface area (Å²) in [6.07, 6.45) is 3.23. The summed E-state index contributed by atoms with van der Waals surface area (Å²) in [5.74, 6) is -0.308. The van der Waals surface area contributed by atoms with Crippen molar-refractivity contribution >= 4 is 11.7 Å². The summed E-state index contributed by atoms with van der Waals surface area (Å²) < 4.78 is 13.7. The minimum Gasteiger partial charge on any atom is -0.393 e. The van der Waals surface area contributed by atoms with Crippen LogP contribution < -0.4 is 15.5 Å². The Morgan fingerprint density at radius 3 is 2.65 bits per heavy atom. The van der Waals surface area contributed by atoms with Gasteiger partial charge in [-0.05, 0) is 50.8 Å². The highest BCUT2D eigenvalue weighted by Crippen LogP contribution is 2.30. The largest absolute Gasteiger partial charge is 0.393 e. The zero-order chi connectivity index (χ0) is 16.4. The van der Waals surface area contributed by atoms with E-state index in [1.807, 2.05) is 6.92 Å². The fraction of sp³-hybridized carbons (Fsp3) is 0.588. The Morgan fingerprint density at radius 1 is 1.30 bits per heavy atom. The van der Waals surface area contributed by atoms with Crippen LogP contribution in [0.1, 0.15) is 44.2 Å². The number of aliphatic hydroxyl groups excluding tert-OH is 1. The van der Waals surface area contributed by atoms with Crippen LogP contribution in [0.3, 0.4) is 0 Å². The highest BCUT2D eigenvalue weighted by Gasteiger charge is 2.25. The maximum atomic E-state index is 13.7. The Morgan fingerprint density at radius 2 is 2.00 bits per heavy atom. The van der Waals surface area contributed by atoms with E-state index < -0.39 is 0 Å². The summed E-state index contributed by atoms with van der Waals surface area (Å²) in [7, 11) is 0. The van der Waals surface area contributed by atoms with Crippen molar-refractivity contribution in [3.8, 4) is 0 Å². The molecule has 2 aliphatic rings. The number of nitrogens with zero attached hydrogens (tertiary/aromatic N) is 1. The Bertz CT molecular complexity index is 569. The van der Waals surface area contributed by atoms with Crippen molar-refractivity contribution in [2.24, 2.45) is 0 Å². The van der Waals surface area contributed by atoms with Gasteiger partial charge in [0.05, 0.1) is 12.1 Å². The quantitative estimate of drug-likeness (QED) is 0.797. The first-order chi connectivity index (χ1) is 11.0. The number of urea groups is 1. The molecule has 1 aromatic carbocycles. The lowest BCUT2D eigenvalue weighted by molar-refractivity contribution is 0.145. The number of hydrogen-bond donors (Lipinski definition) is 3. The number of halogens is 1. The van der Waals surface area contributed by atoms with Crippen molar-refractivity contribution in [1.82, 2.24) is 10.6 Å². The molecule has 2 amide bonds. The van der Waals surface area contributed by atoms with Crippen LogP contribution in [0.5, 0.6) is 0 Å². The Kier molecular flexibility index (Phi) is 4.71. The first-order valence-electron chi connectivity index (χ1n) is 8.32. The van der Waals surface area contributed by atoms with Gasteiger partial charge in [-0.1, -0.05) is 0 Å². The number of benzene rings is 1. The molecule has 0 spiro atoms. The molecule has 1 aromatic rings. The van der Waals surface area contributed by atoms with Crippen LogP contribution in [0, 0.1) is 5.82 Å². The molecule has 0 bridgehead atoms. The molecule has 1 saturated carbocycles. The molecular weight excluding hydrogens is 297 g/mol. The topological polar surface area (TPSA) is 64.6 Å². The standard InChI is InChI=1S/C17H24FN3O2/c1-11(19-17(23)20-13-3-4-13)15-10-12(18)2-5-16(15)21-8-6-14(22)7-9-21/h2,5,10-11,13-14,22H,3-4,6-9H2,1H3,(H2,19,20,23)/t11-/m1/s1. The van der Waals surface area contributed by atoms with Crippen LogP contribution in [0.25, 0.3) is 0 Å². The normalized spacial score (nSPS) is 20.2. The average Bonchev–Trinajstić information content (AvgIpc) is 3.32. The maximum Gasteiger partial charge on any atom is 0.315 e. The first kappa shape index (κ1) is 16.1. The fourth-order valence-electron chi connectivity index (χ4n) is 3.00. The summed E-state index contributed by atoms with van der Waals surface area (Å²) in [6, 6.07) is 4.50. The molecule has 1 heterocycles. The molecule has 23 heavy (non-hydrogen) atoms. The number of hydrogen-bond acceptors (Lipinski definition) is 3. The second-order valence-corrected chi connectivity index (χ2v) is 6.54. The number of carbonyl (C=O) groups is 1. The third-order valence-electron chi connectivity index (χ3n) is 4.52. The highest BCUT2D eigenvalue weighted by molar-refractivity contribution is 5.75. The number of carbonyl (C=O) groups excluding carboxylic acids is 1. The van der Waals surface area contributed by atoms with Crippen LogP contribution in [0.4, 0.5) is 14.9 Å². The fourth-order valence-corrected chi connectivity index (χ4v) is 3.00. The molecule has 1 atom stereocenters. The van der Waals surface area contributed by atoms with E-state index in [4.69, 9.17) is 0 Å². The minimum absolute atomic E-state index is 0.204. The molecule has 0 aromatic heterocycles. The number of rotatable bonds is 4. The first-order valence-corrected chi connectivity index (χ1v) is 8.32. The van der Waals surface area contributed by atoms with E-state index >= 15 is 0 Å². The van der Waals surface area contributed by atoms with Gasteiger partial charge in [0.25, 0.3) is 0 Å². The molecule has 0 unspecified atom stereocenters. The van der Waals surface area contributed by atoms with E-state index in [0.717, 1.165) is 37.2 Å². The minimum atomic E-state index is -0.308. The monoisotopic (exact) mass is 321 g/mol. The third-order valence-corrected chi connectivity index (χ3v) is 4.52. The molecule has 3 N–H and O–H groups in total. The predicted octanol–water partition coefficient (Wildman–Crippen LogP) is 2.31.